The second-order valence-electron chi connectivity index (χ2n) is 6.65. The molecule has 24 heavy (non-hydrogen) atoms. The molecule has 0 aliphatic heterocycles. The summed E-state index contributed by atoms with van der Waals surface area (Å²) in [6.07, 6.45) is 14.7. The van der Waals surface area contributed by atoms with E-state index in [0.717, 1.165) is 19.3 Å². The highest BCUT2D eigenvalue weighted by Crippen LogP contribution is 2.10. The maximum atomic E-state index is 11.5. The molecule has 1 atom stereocenters. The molecule has 0 amide bonds. The maximum Gasteiger partial charge on any atom is 0.306 e. The van der Waals surface area contributed by atoms with Gasteiger partial charge in [0.1, 0.15) is 6.10 Å². The first-order valence-corrected chi connectivity index (χ1v) is 10.1. The lowest BCUT2D eigenvalue weighted by molar-refractivity contribution is -0.154. The van der Waals surface area contributed by atoms with E-state index in [0.29, 0.717) is 19.6 Å². The Balaban J connectivity index is 3.36. The highest BCUT2D eigenvalue weighted by Gasteiger charge is 2.13. The molecule has 4 nitrogen and oxygen atoms in total. The van der Waals surface area contributed by atoms with Crippen molar-refractivity contribution in [3.63, 3.8) is 0 Å². The van der Waals surface area contributed by atoms with Crippen LogP contribution in [0.15, 0.2) is 0 Å². The minimum absolute atomic E-state index is 0.171. The van der Waals surface area contributed by atoms with Gasteiger partial charge in [-0.3, -0.25) is 4.79 Å². The van der Waals surface area contributed by atoms with Crippen LogP contribution in [0.3, 0.4) is 0 Å². The summed E-state index contributed by atoms with van der Waals surface area (Å²) in [6.45, 7) is 5.09. The third-order valence-corrected chi connectivity index (χ3v) is 4.18. The molecule has 0 aromatic heterocycles. The standard InChI is InChI=1S/C20H40O4/c1-3-5-7-8-9-10-11-12-13-14-16-23-18-19(17-21)24-20(22)15-6-4-2/h19,21H,3-18H2,1-2H3. The largest absolute Gasteiger partial charge is 0.457 e. The van der Waals surface area contributed by atoms with Gasteiger partial charge in [0.15, 0.2) is 0 Å². The molecule has 0 rings (SSSR count). The van der Waals surface area contributed by atoms with Gasteiger partial charge in [0.25, 0.3) is 0 Å². The third-order valence-electron chi connectivity index (χ3n) is 4.18. The van der Waals surface area contributed by atoms with Gasteiger partial charge in [-0.2, -0.15) is 0 Å². The topological polar surface area (TPSA) is 55.8 Å². The van der Waals surface area contributed by atoms with E-state index in [2.05, 4.69) is 6.92 Å². The number of rotatable bonds is 18. The van der Waals surface area contributed by atoms with Crippen LogP contribution in [-0.2, 0) is 14.3 Å². The van der Waals surface area contributed by atoms with Gasteiger partial charge in [0.2, 0.25) is 0 Å². The molecule has 0 aliphatic rings. The molecule has 4 heteroatoms. The van der Waals surface area contributed by atoms with Crippen LogP contribution in [0, 0.1) is 0 Å². The average molecular weight is 345 g/mol. The zero-order chi connectivity index (χ0) is 17.9. The summed E-state index contributed by atoms with van der Waals surface area (Å²) in [5, 5.41) is 9.22. The molecule has 0 saturated carbocycles. The molecule has 0 aromatic carbocycles. The summed E-state index contributed by atoms with van der Waals surface area (Å²) in [5.41, 5.74) is 0. The number of hydrogen-bond donors (Lipinski definition) is 1. The third kappa shape index (κ3) is 16.3. The lowest BCUT2D eigenvalue weighted by Gasteiger charge is -2.15. The molecule has 0 bridgehead atoms. The van der Waals surface area contributed by atoms with Crippen LogP contribution in [0.5, 0.6) is 0 Å². The van der Waals surface area contributed by atoms with Gasteiger partial charge in [0, 0.05) is 13.0 Å². The van der Waals surface area contributed by atoms with Crippen molar-refractivity contribution < 1.29 is 19.4 Å². The molecule has 1 N–H and O–H groups in total. The number of esters is 1. The number of hydrogen-bond acceptors (Lipinski definition) is 4. The van der Waals surface area contributed by atoms with E-state index in [4.69, 9.17) is 9.47 Å². The summed E-state index contributed by atoms with van der Waals surface area (Å²) >= 11 is 0. The van der Waals surface area contributed by atoms with E-state index < -0.39 is 6.10 Å². The van der Waals surface area contributed by atoms with Gasteiger partial charge in [-0.25, -0.2) is 0 Å². The second kappa shape index (κ2) is 18.7. The first-order chi connectivity index (χ1) is 11.7. The van der Waals surface area contributed by atoms with E-state index in [9.17, 15) is 9.90 Å². The molecule has 0 spiro atoms. The Morgan fingerprint density at radius 2 is 1.38 bits per heavy atom. The van der Waals surface area contributed by atoms with Gasteiger partial charge in [-0.05, 0) is 12.8 Å². The normalized spacial score (nSPS) is 12.3. The fourth-order valence-electron chi connectivity index (χ4n) is 2.60. The highest BCUT2D eigenvalue weighted by atomic mass is 16.6. The number of aliphatic hydroxyl groups excluding tert-OH is 1. The van der Waals surface area contributed by atoms with Crippen LogP contribution in [0.25, 0.3) is 0 Å². The molecule has 0 aliphatic carbocycles. The molecule has 0 saturated heterocycles. The summed E-state index contributed by atoms with van der Waals surface area (Å²) in [5.74, 6) is -0.238. The number of ether oxygens (including phenoxy) is 2. The number of unbranched alkanes of at least 4 members (excludes halogenated alkanes) is 10. The first-order valence-electron chi connectivity index (χ1n) is 10.1. The fourth-order valence-corrected chi connectivity index (χ4v) is 2.60. The van der Waals surface area contributed by atoms with Gasteiger partial charge in [-0.15, -0.1) is 0 Å². The molecule has 0 heterocycles. The summed E-state index contributed by atoms with van der Waals surface area (Å²) in [6, 6.07) is 0. The minimum Gasteiger partial charge on any atom is -0.457 e. The molecule has 0 fully saturated rings. The average Bonchev–Trinajstić information content (AvgIpc) is 2.59. The van der Waals surface area contributed by atoms with Crippen molar-refractivity contribution in [1.29, 1.82) is 0 Å². The van der Waals surface area contributed by atoms with Crippen molar-refractivity contribution in [2.75, 3.05) is 19.8 Å². The van der Waals surface area contributed by atoms with Crippen molar-refractivity contribution in [3.05, 3.63) is 0 Å². The Morgan fingerprint density at radius 3 is 1.92 bits per heavy atom. The Hall–Kier alpha value is -0.610. The molecule has 0 radical (unpaired) electrons. The second-order valence-corrected chi connectivity index (χ2v) is 6.65. The van der Waals surface area contributed by atoms with Crippen molar-refractivity contribution in [2.45, 2.75) is 103 Å². The summed E-state index contributed by atoms with van der Waals surface area (Å²) in [4.78, 5) is 11.5. The monoisotopic (exact) mass is 344 g/mol. The van der Waals surface area contributed by atoms with Crippen LogP contribution in [0.4, 0.5) is 0 Å². The van der Waals surface area contributed by atoms with Gasteiger partial charge in [0.05, 0.1) is 13.2 Å². The van der Waals surface area contributed by atoms with Crippen LogP contribution in [0.1, 0.15) is 97.3 Å². The fraction of sp³-hybridized carbons (Fsp3) is 0.950. The molecular formula is C20H40O4. The van der Waals surface area contributed by atoms with Crippen molar-refractivity contribution in [3.8, 4) is 0 Å². The zero-order valence-electron chi connectivity index (χ0n) is 16.1. The highest BCUT2D eigenvalue weighted by molar-refractivity contribution is 5.69. The van der Waals surface area contributed by atoms with Crippen molar-refractivity contribution in [2.24, 2.45) is 0 Å². The molecule has 144 valence electrons. The van der Waals surface area contributed by atoms with E-state index in [1.807, 2.05) is 6.92 Å². The predicted octanol–water partition coefficient (Wildman–Crippen LogP) is 5.02. The van der Waals surface area contributed by atoms with Crippen LogP contribution in [-0.4, -0.2) is 37.0 Å². The number of carbonyl (C=O) groups is 1. The Bertz CT molecular complexity index is 268. The molecular weight excluding hydrogens is 304 g/mol. The lowest BCUT2D eigenvalue weighted by atomic mass is 10.1. The summed E-state index contributed by atoms with van der Waals surface area (Å²) < 4.78 is 10.7. The first kappa shape index (κ1) is 23.4. The van der Waals surface area contributed by atoms with Gasteiger partial charge in [-0.1, -0.05) is 78.1 Å². The zero-order valence-corrected chi connectivity index (χ0v) is 16.1. The quantitative estimate of drug-likeness (QED) is 0.280. The smallest absolute Gasteiger partial charge is 0.306 e. The van der Waals surface area contributed by atoms with Crippen LogP contribution < -0.4 is 0 Å². The number of aliphatic hydroxyl groups is 1. The van der Waals surface area contributed by atoms with Gasteiger partial charge < -0.3 is 14.6 Å². The van der Waals surface area contributed by atoms with E-state index in [-0.39, 0.29) is 12.6 Å². The van der Waals surface area contributed by atoms with Gasteiger partial charge >= 0.3 is 5.97 Å². The number of carbonyl (C=O) groups excluding carboxylic acids is 1. The van der Waals surface area contributed by atoms with Crippen LogP contribution >= 0.6 is 0 Å². The maximum absolute atomic E-state index is 11.5. The van der Waals surface area contributed by atoms with E-state index in [1.54, 1.807) is 0 Å². The predicted molar refractivity (Wildman–Crippen MR) is 99.2 cm³/mol. The SMILES string of the molecule is CCCCCCCCCCCCOCC(CO)OC(=O)CCCC. The molecule has 1 unspecified atom stereocenters. The Labute approximate surface area is 149 Å². The lowest BCUT2D eigenvalue weighted by Crippen LogP contribution is -2.27. The van der Waals surface area contributed by atoms with Crippen LogP contribution in [0.2, 0.25) is 0 Å². The Kier molecular flexibility index (Phi) is 18.2. The minimum atomic E-state index is -0.516. The Morgan fingerprint density at radius 1 is 0.833 bits per heavy atom. The molecule has 0 aromatic rings. The van der Waals surface area contributed by atoms with Crippen molar-refractivity contribution in [1.82, 2.24) is 0 Å². The summed E-state index contributed by atoms with van der Waals surface area (Å²) in [7, 11) is 0. The van der Waals surface area contributed by atoms with Crippen molar-refractivity contribution >= 4 is 5.97 Å². The van der Waals surface area contributed by atoms with E-state index >= 15 is 0 Å². The van der Waals surface area contributed by atoms with E-state index in [1.165, 1.54) is 57.8 Å².